The van der Waals surface area contributed by atoms with E-state index in [0.717, 1.165) is 0 Å². The standard InChI is InChI=1S/C4H6B2O5/c7-5-11-4-2-1-3(10-4)6(8)9/h1-2,5,7-9H. The quantitative estimate of drug-likeness (QED) is 0.424. The maximum Gasteiger partial charge on any atom is 0.526 e. The summed E-state index contributed by atoms with van der Waals surface area (Å²) in [6, 6.07) is 2.72. The molecule has 0 fully saturated rings. The van der Waals surface area contributed by atoms with Crippen molar-refractivity contribution in [3.63, 3.8) is 0 Å². The highest BCUT2D eigenvalue weighted by atomic mass is 16.6. The van der Waals surface area contributed by atoms with E-state index < -0.39 is 14.8 Å². The van der Waals surface area contributed by atoms with Crippen LogP contribution in [-0.2, 0) is 0 Å². The van der Waals surface area contributed by atoms with Crippen molar-refractivity contribution in [2.45, 2.75) is 0 Å². The normalized spacial score (nSPS) is 9.36. The molecule has 11 heavy (non-hydrogen) atoms. The fourth-order valence-electron chi connectivity index (χ4n) is 0.614. The first-order valence-electron chi connectivity index (χ1n) is 2.93. The summed E-state index contributed by atoms with van der Waals surface area (Å²) in [5, 5.41) is 25.4. The van der Waals surface area contributed by atoms with Crippen LogP contribution in [0.5, 0.6) is 5.95 Å². The van der Waals surface area contributed by atoms with E-state index in [1.807, 2.05) is 0 Å². The number of hydrogen-bond acceptors (Lipinski definition) is 5. The Morgan fingerprint density at radius 3 is 2.64 bits per heavy atom. The van der Waals surface area contributed by atoms with Crippen molar-refractivity contribution >= 4 is 20.5 Å². The van der Waals surface area contributed by atoms with Crippen LogP contribution in [0.15, 0.2) is 16.5 Å². The van der Waals surface area contributed by atoms with E-state index >= 15 is 0 Å². The maximum absolute atomic E-state index is 8.55. The van der Waals surface area contributed by atoms with Crippen molar-refractivity contribution in [2.24, 2.45) is 0 Å². The summed E-state index contributed by atoms with van der Waals surface area (Å²) in [7, 11) is -2.15. The third-order valence-electron chi connectivity index (χ3n) is 1.06. The molecule has 0 saturated heterocycles. The largest absolute Gasteiger partial charge is 0.526 e. The SMILES string of the molecule is OBOc1ccc(B(O)O)o1. The van der Waals surface area contributed by atoms with Crippen molar-refractivity contribution < 1.29 is 24.1 Å². The molecule has 0 bridgehead atoms. The molecule has 0 saturated carbocycles. The van der Waals surface area contributed by atoms with Gasteiger partial charge in [0.05, 0.1) is 0 Å². The minimum absolute atomic E-state index is 0.0200. The van der Waals surface area contributed by atoms with Gasteiger partial charge in [-0.15, -0.1) is 0 Å². The molecule has 0 spiro atoms. The van der Waals surface area contributed by atoms with Crippen LogP contribution in [0, 0.1) is 0 Å². The smallest absolute Gasteiger partial charge is 0.512 e. The minimum atomic E-state index is -1.65. The summed E-state index contributed by atoms with van der Waals surface area (Å²) < 4.78 is 9.21. The zero-order valence-electron chi connectivity index (χ0n) is 5.60. The van der Waals surface area contributed by atoms with E-state index in [4.69, 9.17) is 19.5 Å². The molecular formula is C4H6B2O5. The highest BCUT2D eigenvalue weighted by Crippen LogP contribution is 2.07. The minimum Gasteiger partial charge on any atom is -0.512 e. The van der Waals surface area contributed by atoms with Crippen LogP contribution in [-0.4, -0.2) is 29.9 Å². The molecule has 0 radical (unpaired) electrons. The zero-order valence-corrected chi connectivity index (χ0v) is 5.60. The van der Waals surface area contributed by atoms with Gasteiger partial charge in [0.2, 0.25) is 0 Å². The topological polar surface area (TPSA) is 83.1 Å². The highest BCUT2D eigenvalue weighted by Gasteiger charge is 2.16. The average Bonchev–Trinajstić information content (AvgIpc) is 2.37. The average molecular weight is 156 g/mol. The molecule has 0 aliphatic carbocycles. The Hall–Kier alpha value is -0.910. The van der Waals surface area contributed by atoms with Gasteiger partial charge in [0.1, 0.15) is 5.66 Å². The Balaban J connectivity index is 2.66. The Bertz CT molecular complexity index is 222. The van der Waals surface area contributed by atoms with Gasteiger partial charge in [-0.25, -0.2) is 0 Å². The zero-order chi connectivity index (χ0) is 8.27. The predicted molar refractivity (Wildman–Crippen MR) is 38.5 cm³/mol. The summed E-state index contributed by atoms with van der Waals surface area (Å²) in [6.07, 6.45) is 0. The monoisotopic (exact) mass is 156 g/mol. The van der Waals surface area contributed by atoms with Gasteiger partial charge in [-0.1, -0.05) is 0 Å². The third kappa shape index (κ3) is 2.01. The molecule has 1 rings (SSSR count). The number of furan rings is 1. The number of hydrogen-bond donors (Lipinski definition) is 3. The van der Waals surface area contributed by atoms with Crippen LogP contribution < -0.4 is 10.3 Å². The fraction of sp³-hybridized carbons (Fsp3) is 0. The molecule has 58 valence electrons. The lowest BCUT2D eigenvalue weighted by Crippen LogP contribution is -2.27. The van der Waals surface area contributed by atoms with Crippen LogP contribution in [0.1, 0.15) is 0 Å². The van der Waals surface area contributed by atoms with Crippen molar-refractivity contribution in [3.8, 4) is 5.95 Å². The maximum atomic E-state index is 8.55. The van der Waals surface area contributed by atoms with Gasteiger partial charge in [0.25, 0.3) is 5.95 Å². The Kier molecular flexibility index (Phi) is 2.58. The van der Waals surface area contributed by atoms with Gasteiger partial charge in [0, 0.05) is 6.07 Å². The first-order valence-corrected chi connectivity index (χ1v) is 2.93. The second-order valence-corrected chi connectivity index (χ2v) is 1.80. The van der Waals surface area contributed by atoms with E-state index in [0.29, 0.717) is 0 Å². The van der Waals surface area contributed by atoms with E-state index in [1.54, 1.807) is 0 Å². The lowest BCUT2D eigenvalue weighted by atomic mass is 9.88. The van der Waals surface area contributed by atoms with Crippen LogP contribution in [0.2, 0.25) is 0 Å². The lowest BCUT2D eigenvalue weighted by molar-refractivity contribution is 0.353. The van der Waals surface area contributed by atoms with E-state index in [2.05, 4.69) is 4.65 Å². The van der Waals surface area contributed by atoms with Crippen molar-refractivity contribution in [1.82, 2.24) is 0 Å². The molecule has 1 aromatic heterocycles. The lowest BCUT2D eigenvalue weighted by Gasteiger charge is -1.94. The molecule has 0 amide bonds. The molecule has 0 aliphatic heterocycles. The molecule has 0 aliphatic rings. The summed E-state index contributed by atoms with van der Waals surface area (Å²) in [4.78, 5) is 0. The van der Waals surface area contributed by atoms with Gasteiger partial charge in [-0.2, -0.15) is 0 Å². The second kappa shape index (κ2) is 3.47. The van der Waals surface area contributed by atoms with Crippen LogP contribution in [0.3, 0.4) is 0 Å². The highest BCUT2D eigenvalue weighted by molar-refractivity contribution is 6.57. The Morgan fingerprint density at radius 2 is 2.18 bits per heavy atom. The first kappa shape index (κ1) is 8.19. The Labute approximate surface area is 63.7 Å². The van der Waals surface area contributed by atoms with E-state index in [9.17, 15) is 0 Å². The molecule has 1 aromatic rings. The predicted octanol–water partition coefficient (Wildman–Crippen LogP) is -2.40. The second-order valence-electron chi connectivity index (χ2n) is 1.80. The third-order valence-corrected chi connectivity index (χ3v) is 1.06. The van der Waals surface area contributed by atoms with Gasteiger partial charge in [-0.05, 0) is 6.07 Å². The van der Waals surface area contributed by atoms with Crippen LogP contribution in [0.4, 0.5) is 0 Å². The summed E-state index contributed by atoms with van der Waals surface area (Å²) in [5.74, 6) is 0.0515. The molecule has 1 heterocycles. The van der Waals surface area contributed by atoms with Gasteiger partial charge in [-0.3, -0.25) is 0 Å². The van der Waals surface area contributed by atoms with Crippen LogP contribution >= 0.6 is 0 Å². The van der Waals surface area contributed by atoms with Gasteiger partial charge >= 0.3 is 14.8 Å². The van der Waals surface area contributed by atoms with Crippen molar-refractivity contribution in [2.75, 3.05) is 0 Å². The molecule has 7 heteroatoms. The van der Waals surface area contributed by atoms with Crippen LogP contribution in [0.25, 0.3) is 0 Å². The van der Waals surface area contributed by atoms with Crippen molar-refractivity contribution in [1.29, 1.82) is 0 Å². The first-order chi connectivity index (χ1) is 5.24. The molecule has 0 atom stereocenters. The van der Waals surface area contributed by atoms with Crippen molar-refractivity contribution in [3.05, 3.63) is 12.1 Å². The fourth-order valence-corrected chi connectivity index (χ4v) is 0.614. The molecule has 0 aromatic carbocycles. The van der Waals surface area contributed by atoms with E-state index in [1.165, 1.54) is 12.1 Å². The number of rotatable bonds is 3. The molecule has 5 nitrogen and oxygen atoms in total. The molecular weight excluding hydrogens is 150 g/mol. The van der Waals surface area contributed by atoms with Gasteiger partial charge < -0.3 is 24.1 Å². The summed E-state index contributed by atoms with van der Waals surface area (Å²) >= 11 is 0. The summed E-state index contributed by atoms with van der Waals surface area (Å²) in [5.41, 5.74) is -0.0200. The van der Waals surface area contributed by atoms with Gasteiger partial charge in [0.15, 0.2) is 0 Å². The summed E-state index contributed by atoms with van der Waals surface area (Å²) in [6.45, 7) is 0. The van der Waals surface area contributed by atoms with E-state index in [-0.39, 0.29) is 11.6 Å². The Morgan fingerprint density at radius 1 is 1.45 bits per heavy atom. The molecule has 3 N–H and O–H groups in total. The molecule has 0 unspecified atom stereocenters.